The Labute approximate surface area is 86.5 Å². The number of nitrogens with zero attached hydrogens (tertiary/aromatic N) is 2. The molecule has 0 aromatic carbocycles. The Morgan fingerprint density at radius 2 is 2.27 bits per heavy atom. The standard InChI is InChI=1S/C10H10N2O3/c1-15-10(14)9-11-5-6-4-7(13)2-3-8(6)12-9/h5H,2-4H2,1H3. The number of hydrogen-bond acceptors (Lipinski definition) is 5. The van der Waals surface area contributed by atoms with Crippen LogP contribution in [0.1, 0.15) is 28.3 Å². The van der Waals surface area contributed by atoms with E-state index in [0.29, 0.717) is 19.3 Å². The summed E-state index contributed by atoms with van der Waals surface area (Å²) in [5, 5.41) is 0. The fraction of sp³-hybridized carbons (Fsp3) is 0.400. The number of esters is 1. The van der Waals surface area contributed by atoms with Crippen molar-refractivity contribution >= 4 is 11.8 Å². The summed E-state index contributed by atoms with van der Waals surface area (Å²) in [6.07, 6.45) is 2.98. The van der Waals surface area contributed by atoms with Crippen LogP contribution in [0.4, 0.5) is 0 Å². The smallest absolute Gasteiger partial charge is 0.376 e. The zero-order chi connectivity index (χ0) is 10.8. The lowest BCUT2D eigenvalue weighted by Gasteiger charge is -2.13. The maximum absolute atomic E-state index is 11.2. The number of hydrogen-bond donors (Lipinski definition) is 0. The fourth-order valence-electron chi connectivity index (χ4n) is 1.55. The fourth-order valence-corrected chi connectivity index (χ4v) is 1.55. The van der Waals surface area contributed by atoms with E-state index in [9.17, 15) is 9.59 Å². The van der Waals surface area contributed by atoms with Crippen molar-refractivity contribution in [3.8, 4) is 0 Å². The molecular weight excluding hydrogens is 196 g/mol. The van der Waals surface area contributed by atoms with E-state index >= 15 is 0 Å². The number of aryl methyl sites for hydroxylation is 1. The molecule has 1 aromatic rings. The monoisotopic (exact) mass is 206 g/mol. The van der Waals surface area contributed by atoms with Crippen molar-refractivity contribution in [3.63, 3.8) is 0 Å². The van der Waals surface area contributed by atoms with Gasteiger partial charge < -0.3 is 4.74 Å². The molecule has 5 heteroatoms. The second-order valence-corrected chi connectivity index (χ2v) is 3.37. The topological polar surface area (TPSA) is 69.2 Å². The van der Waals surface area contributed by atoms with Gasteiger partial charge in [-0.1, -0.05) is 0 Å². The lowest BCUT2D eigenvalue weighted by molar-refractivity contribution is -0.118. The van der Waals surface area contributed by atoms with Gasteiger partial charge in [0.15, 0.2) is 0 Å². The van der Waals surface area contributed by atoms with Gasteiger partial charge in [0.25, 0.3) is 0 Å². The molecule has 0 spiro atoms. The van der Waals surface area contributed by atoms with Crippen LogP contribution in [0.15, 0.2) is 6.20 Å². The van der Waals surface area contributed by atoms with Crippen LogP contribution >= 0.6 is 0 Å². The zero-order valence-electron chi connectivity index (χ0n) is 8.32. The van der Waals surface area contributed by atoms with E-state index in [0.717, 1.165) is 11.3 Å². The highest BCUT2D eigenvalue weighted by Gasteiger charge is 2.19. The molecule has 78 valence electrons. The summed E-state index contributed by atoms with van der Waals surface area (Å²) in [6.45, 7) is 0. The molecule has 1 heterocycles. The number of methoxy groups -OCH3 is 1. The Hall–Kier alpha value is -1.78. The first-order valence-electron chi connectivity index (χ1n) is 4.65. The zero-order valence-corrected chi connectivity index (χ0v) is 8.32. The van der Waals surface area contributed by atoms with Crippen LogP contribution in [0, 0.1) is 0 Å². The normalized spacial score (nSPS) is 14.6. The van der Waals surface area contributed by atoms with Crippen LogP contribution in [-0.4, -0.2) is 28.8 Å². The Bertz CT molecular complexity index is 429. The van der Waals surface area contributed by atoms with E-state index in [2.05, 4.69) is 14.7 Å². The van der Waals surface area contributed by atoms with Crippen LogP contribution in [0.5, 0.6) is 0 Å². The van der Waals surface area contributed by atoms with Crippen molar-refractivity contribution in [1.29, 1.82) is 0 Å². The van der Waals surface area contributed by atoms with E-state index in [1.807, 2.05) is 0 Å². The Kier molecular flexibility index (Phi) is 2.45. The quantitative estimate of drug-likeness (QED) is 0.619. The highest BCUT2D eigenvalue weighted by molar-refractivity contribution is 5.86. The minimum Gasteiger partial charge on any atom is -0.463 e. The van der Waals surface area contributed by atoms with Gasteiger partial charge in [-0.05, 0) is 12.0 Å². The maximum atomic E-state index is 11.2. The van der Waals surface area contributed by atoms with Crippen LogP contribution in [-0.2, 0) is 22.4 Å². The lowest BCUT2D eigenvalue weighted by Crippen LogP contribution is -2.18. The van der Waals surface area contributed by atoms with Gasteiger partial charge in [-0.2, -0.15) is 0 Å². The molecular formula is C10H10N2O3. The summed E-state index contributed by atoms with van der Waals surface area (Å²) in [6, 6.07) is 0. The molecule has 1 aromatic heterocycles. The van der Waals surface area contributed by atoms with Crippen LogP contribution < -0.4 is 0 Å². The predicted molar refractivity (Wildman–Crippen MR) is 50.4 cm³/mol. The number of aromatic nitrogens is 2. The number of Topliss-reactive ketones (excluding diaryl/α,β-unsaturated/α-hetero) is 1. The van der Waals surface area contributed by atoms with Crippen LogP contribution in [0.3, 0.4) is 0 Å². The third kappa shape index (κ3) is 1.86. The van der Waals surface area contributed by atoms with Crippen molar-refractivity contribution in [3.05, 3.63) is 23.3 Å². The van der Waals surface area contributed by atoms with Gasteiger partial charge in [0, 0.05) is 24.7 Å². The first-order valence-corrected chi connectivity index (χ1v) is 4.65. The molecule has 2 rings (SSSR count). The molecule has 0 radical (unpaired) electrons. The Morgan fingerprint density at radius 3 is 3.00 bits per heavy atom. The van der Waals surface area contributed by atoms with E-state index in [-0.39, 0.29) is 11.6 Å². The third-order valence-corrected chi connectivity index (χ3v) is 2.35. The Balaban J connectivity index is 2.34. The molecule has 0 saturated heterocycles. The predicted octanol–water partition coefficient (Wildman–Crippen LogP) is 0.321. The summed E-state index contributed by atoms with van der Waals surface area (Å²) in [4.78, 5) is 30.2. The Morgan fingerprint density at radius 1 is 1.47 bits per heavy atom. The average molecular weight is 206 g/mol. The van der Waals surface area contributed by atoms with Crippen molar-refractivity contribution in [2.24, 2.45) is 0 Å². The lowest BCUT2D eigenvalue weighted by atomic mass is 9.96. The molecule has 0 fully saturated rings. The van der Waals surface area contributed by atoms with E-state index < -0.39 is 5.97 Å². The van der Waals surface area contributed by atoms with Crippen LogP contribution in [0.25, 0.3) is 0 Å². The van der Waals surface area contributed by atoms with Gasteiger partial charge in [0.05, 0.1) is 7.11 Å². The summed E-state index contributed by atoms with van der Waals surface area (Å²) in [5.41, 5.74) is 1.60. The number of carbonyl (C=O) groups is 2. The molecule has 0 aliphatic heterocycles. The van der Waals surface area contributed by atoms with Gasteiger partial charge in [0.1, 0.15) is 5.78 Å². The molecule has 0 unspecified atom stereocenters. The molecule has 1 aliphatic rings. The SMILES string of the molecule is COC(=O)c1ncc2c(n1)CCC(=O)C2. The number of ether oxygens (including phenoxy) is 1. The van der Waals surface area contributed by atoms with Gasteiger partial charge in [-0.15, -0.1) is 0 Å². The molecule has 15 heavy (non-hydrogen) atoms. The number of carbonyl (C=O) groups excluding carboxylic acids is 2. The van der Waals surface area contributed by atoms with Gasteiger partial charge in [0.2, 0.25) is 5.82 Å². The minimum absolute atomic E-state index is 0.0607. The molecule has 0 bridgehead atoms. The second kappa shape index (κ2) is 3.76. The maximum Gasteiger partial charge on any atom is 0.376 e. The minimum atomic E-state index is -0.547. The summed E-state index contributed by atoms with van der Waals surface area (Å²) >= 11 is 0. The van der Waals surface area contributed by atoms with Crippen LogP contribution in [0.2, 0.25) is 0 Å². The highest BCUT2D eigenvalue weighted by atomic mass is 16.5. The molecule has 1 aliphatic carbocycles. The first-order chi connectivity index (χ1) is 7.20. The second-order valence-electron chi connectivity index (χ2n) is 3.37. The number of rotatable bonds is 1. The number of ketones is 1. The van der Waals surface area contributed by atoms with E-state index in [1.54, 1.807) is 0 Å². The van der Waals surface area contributed by atoms with E-state index in [4.69, 9.17) is 0 Å². The third-order valence-electron chi connectivity index (χ3n) is 2.35. The van der Waals surface area contributed by atoms with Crippen molar-refractivity contribution in [2.45, 2.75) is 19.3 Å². The summed E-state index contributed by atoms with van der Waals surface area (Å²) in [5.74, 6) is -0.294. The molecule has 0 N–H and O–H groups in total. The average Bonchev–Trinajstić information content (AvgIpc) is 2.27. The van der Waals surface area contributed by atoms with Gasteiger partial charge >= 0.3 is 5.97 Å². The highest BCUT2D eigenvalue weighted by Crippen LogP contribution is 2.16. The molecule has 0 saturated carbocycles. The van der Waals surface area contributed by atoms with Crippen molar-refractivity contribution < 1.29 is 14.3 Å². The molecule has 0 amide bonds. The summed E-state index contributed by atoms with van der Waals surface area (Å²) in [7, 11) is 1.29. The first kappa shape index (κ1) is 9.76. The van der Waals surface area contributed by atoms with Gasteiger partial charge in [-0.25, -0.2) is 14.8 Å². The van der Waals surface area contributed by atoms with Crippen molar-refractivity contribution in [2.75, 3.05) is 7.11 Å². The number of fused-ring (bicyclic) bond motifs is 1. The molecule has 5 nitrogen and oxygen atoms in total. The van der Waals surface area contributed by atoms with Crippen molar-refractivity contribution in [1.82, 2.24) is 9.97 Å². The molecule has 0 atom stereocenters. The largest absolute Gasteiger partial charge is 0.463 e. The summed E-state index contributed by atoms with van der Waals surface area (Å²) < 4.78 is 4.52. The van der Waals surface area contributed by atoms with Gasteiger partial charge in [-0.3, -0.25) is 4.79 Å². The van der Waals surface area contributed by atoms with E-state index in [1.165, 1.54) is 13.3 Å².